The number of hydrogen-bond acceptors (Lipinski definition) is 6. The summed E-state index contributed by atoms with van der Waals surface area (Å²) < 4.78 is 16.4. The van der Waals surface area contributed by atoms with Gasteiger partial charge >= 0.3 is 18.2 Å². The Hall–Kier alpha value is -3.21. The molecule has 2 fully saturated rings. The Labute approximate surface area is 207 Å². The molecule has 0 aromatic heterocycles. The van der Waals surface area contributed by atoms with E-state index >= 15 is 0 Å². The molecule has 8 nitrogen and oxygen atoms in total. The van der Waals surface area contributed by atoms with Gasteiger partial charge in [-0.05, 0) is 83.9 Å². The van der Waals surface area contributed by atoms with Crippen molar-refractivity contribution in [1.29, 1.82) is 0 Å². The first-order chi connectivity index (χ1) is 16.4. The highest BCUT2D eigenvalue weighted by Gasteiger charge is 2.54. The van der Waals surface area contributed by atoms with Crippen molar-refractivity contribution in [3.63, 3.8) is 0 Å². The van der Waals surface area contributed by atoms with Crippen LogP contribution >= 0.6 is 0 Å². The number of benzene rings is 1. The second-order valence-electron chi connectivity index (χ2n) is 10.3. The van der Waals surface area contributed by atoms with Crippen molar-refractivity contribution >= 4 is 18.2 Å². The molecule has 1 aliphatic heterocycles. The van der Waals surface area contributed by atoms with Gasteiger partial charge in [0.05, 0.1) is 7.11 Å². The number of nitrogens with zero attached hydrogens (tertiary/aromatic N) is 1. The predicted octanol–water partition coefficient (Wildman–Crippen LogP) is 4.18. The molecule has 2 aliphatic rings. The molecule has 35 heavy (non-hydrogen) atoms. The topological polar surface area (TPSA) is 94.2 Å². The highest BCUT2D eigenvalue weighted by molar-refractivity contribution is 5.81. The summed E-state index contributed by atoms with van der Waals surface area (Å²) in [6.07, 6.45) is 1.64. The molecule has 1 N–H and O–H groups in total. The van der Waals surface area contributed by atoms with Gasteiger partial charge in [0.1, 0.15) is 11.6 Å². The number of alkyl carbamates (subject to hydrolysis) is 1. The van der Waals surface area contributed by atoms with Gasteiger partial charge in [-0.1, -0.05) is 18.1 Å². The van der Waals surface area contributed by atoms with E-state index in [1.54, 1.807) is 32.6 Å². The van der Waals surface area contributed by atoms with E-state index in [0.29, 0.717) is 19.4 Å². The molecule has 1 saturated heterocycles. The molecule has 4 atom stereocenters. The van der Waals surface area contributed by atoms with Gasteiger partial charge in [-0.15, -0.1) is 0 Å². The SMILES string of the molecule is COC(=O)N1CC[C@@H]2[C@H]1CCC[C@]2(C#Cc1cccc(C)c1)OC(=O)[C@H](C)NC(=O)OC(C)(C)C. The Morgan fingerprint density at radius 1 is 1.23 bits per heavy atom. The first kappa shape index (κ1) is 26.4. The summed E-state index contributed by atoms with van der Waals surface area (Å²) in [4.78, 5) is 39.4. The smallest absolute Gasteiger partial charge is 0.409 e. The number of nitrogens with one attached hydrogen (secondary N) is 1. The van der Waals surface area contributed by atoms with Crippen LogP contribution in [-0.4, -0.2) is 60.0 Å². The fourth-order valence-corrected chi connectivity index (χ4v) is 4.88. The number of rotatable bonds is 3. The molecule has 3 rings (SSSR count). The Bertz CT molecular complexity index is 1020. The number of esters is 1. The predicted molar refractivity (Wildman–Crippen MR) is 131 cm³/mol. The molecule has 1 aliphatic carbocycles. The summed E-state index contributed by atoms with van der Waals surface area (Å²) in [5.74, 6) is 5.75. The lowest BCUT2D eigenvalue weighted by atomic mass is 9.72. The first-order valence-corrected chi connectivity index (χ1v) is 12.1. The van der Waals surface area contributed by atoms with E-state index in [9.17, 15) is 14.4 Å². The number of hydrogen-bond donors (Lipinski definition) is 1. The standard InChI is InChI=1S/C27H36N2O6/c1-18-9-7-10-20(17-18)12-15-27(34-23(30)19(2)28-24(31)35-26(3,4)5)14-8-11-22-21(27)13-16-29(22)25(32)33-6/h7,9-10,17,19,21-22H,8,11,13-14,16H2,1-6H3,(H,28,31)/t19-,21+,22+,27+/m0/s1. The van der Waals surface area contributed by atoms with E-state index in [1.165, 1.54) is 7.11 Å². The monoisotopic (exact) mass is 484 g/mol. The molecule has 1 aromatic carbocycles. The van der Waals surface area contributed by atoms with Gasteiger partial charge in [0.2, 0.25) is 0 Å². The van der Waals surface area contributed by atoms with Crippen LogP contribution in [0.5, 0.6) is 0 Å². The van der Waals surface area contributed by atoms with Crippen molar-refractivity contribution in [2.24, 2.45) is 5.92 Å². The summed E-state index contributed by atoms with van der Waals surface area (Å²) in [6, 6.07) is 6.75. The lowest BCUT2D eigenvalue weighted by molar-refractivity contribution is -0.164. The normalized spacial score (nSPS) is 24.3. The zero-order chi connectivity index (χ0) is 25.8. The lowest BCUT2D eigenvalue weighted by Gasteiger charge is -2.42. The Morgan fingerprint density at radius 3 is 2.63 bits per heavy atom. The molecule has 0 bridgehead atoms. The van der Waals surface area contributed by atoms with Crippen molar-refractivity contribution in [3.05, 3.63) is 35.4 Å². The van der Waals surface area contributed by atoms with E-state index in [4.69, 9.17) is 14.2 Å². The number of amides is 2. The molecule has 1 heterocycles. The fraction of sp³-hybridized carbons (Fsp3) is 0.593. The molecule has 0 unspecified atom stereocenters. The number of methoxy groups -OCH3 is 1. The molecule has 8 heteroatoms. The average molecular weight is 485 g/mol. The minimum Gasteiger partial charge on any atom is -0.453 e. The van der Waals surface area contributed by atoms with E-state index in [2.05, 4.69) is 17.2 Å². The summed E-state index contributed by atoms with van der Waals surface area (Å²) in [7, 11) is 1.37. The zero-order valence-electron chi connectivity index (χ0n) is 21.5. The van der Waals surface area contributed by atoms with Crippen LogP contribution in [0, 0.1) is 24.7 Å². The van der Waals surface area contributed by atoms with E-state index in [1.807, 2.05) is 31.2 Å². The Kier molecular flexibility index (Phi) is 7.99. The van der Waals surface area contributed by atoms with E-state index in [-0.39, 0.29) is 18.1 Å². The molecule has 1 aromatic rings. The molecular formula is C27H36N2O6. The summed E-state index contributed by atoms with van der Waals surface area (Å²) >= 11 is 0. The van der Waals surface area contributed by atoms with Crippen LogP contribution in [-0.2, 0) is 19.0 Å². The van der Waals surface area contributed by atoms with Crippen LogP contribution in [0.25, 0.3) is 0 Å². The number of carbonyl (C=O) groups is 3. The van der Waals surface area contributed by atoms with Crippen LogP contribution in [0.15, 0.2) is 24.3 Å². The third-order valence-corrected chi connectivity index (χ3v) is 6.41. The maximum atomic E-state index is 13.2. The number of carbonyl (C=O) groups excluding carboxylic acids is 3. The van der Waals surface area contributed by atoms with Gasteiger partial charge in [0.25, 0.3) is 0 Å². The summed E-state index contributed by atoms with van der Waals surface area (Å²) in [5, 5.41) is 2.55. The van der Waals surface area contributed by atoms with Gasteiger partial charge in [-0.2, -0.15) is 0 Å². The van der Waals surface area contributed by atoms with Gasteiger partial charge in [-0.3, -0.25) is 0 Å². The molecule has 0 spiro atoms. The third-order valence-electron chi connectivity index (χ3n) is 6.41. The summed E-state index contributed by atoms with van der Waals surface area (Å²) in [5.41, 5.74) is 0.130. The molecular weight excluding hydrogens is 448 g/mol. The van der Waals surface area contributed by atoms with Crippen molar-refractivity contribution in [2.45, 2.75) is 83.6 Å². The third kappa shape index (κ3) is 6.47. The second-order valence-corrected chi connectivity index (χ2v) is 10.3. The largest absolute Gasteiger partial charge is 0.453 e. The molecule has 0 radical (unpaired) electrons. The minimum absolute atomic E-state index is 0.134. The first-order valence-electron chi connectivity index (χ1n) is 12.1. The van der Waals surface area contributed by atoms with Crippen molar-refractivity contribution in [1.82, 2.24) is 10.2 Å². The number of fused-ring (bicyclic) bond motifs is 1. The molecule has 2 amide bonds. The van der Waals surface area contributed by atoms with Gasteiger partial charge in [-0.25, -0.2) is 14.4 Å². The van der Waals surface area contributed by atoms with Crippen LogP contribution in [0.3, 0.4) is 0 Å². The highest BCUT2D eigenvalue weighted by atomic mass is 16.6. The maximum absolute atomic E-state index is 13.2. The Morgan fingerprint density at radius 2 is 1.97 bits per heavy atom. The quantitative estimate of drug-likeness (QED) is 0.393. The maximum Gasteiger partial charge on any atom is 0.409 e. The number of aryl methyl sites for hydroxylation is 1. The zero-order valence-corrected chi connectivity index (χ0v) is 21.5. The van der Waals surface area contributed by atoms with E-state index < -0.39 is 29.3 Å². The Balaban J connectivity index is 1.88. The minimum atomic E-state index is -1.09. The fourth-order valence-electron chi connectivity index (χ4n) is 4.88. The van der Waals surface area contributed by atoms with Gasteiger partial charge in [0.15, 0.2) is 5.60 Å². The average Bonchev–Trinajstić information content (AvgIpc) is 3.21. The summed E-state index contributed by atoms with van der Waals surface area (Å²) in [6.45, 7) is 9.32. The number of ether oxygens (including phenoxy) is 3. The van der Waals surface area contributed by atoms with Crippen LogP contribution < -0.4 is 5.32 Å². The van der Waals surface area contributed by atoms with Crippen molar-refractivity contribution in [3.8, 4) is 11.8 Å². The van der Waals surface area contributed by atoms with E-state index in [0.717, 1.165) is 24.0 Å². The molecule has 1 saturated carbocycles. The lowest BCUT2D eigenvalue weighted by Crippen LogP contribution is -2.54. The van der Waals surface area contributed by atoms with Gasteiger partial charge < -0.3 is 24.4 Å². The second kappa shape index (κ2) is 10.6. The van der Waals surface area contributed by atoms with Crippen molar-refractivity contribution < 1.29 is 28.6 Å². The highest BCUT2D eigenvalue weighted by Crippen LogP contribution is 2.45. The van der Waals surface area contributed by atoms with Gasteiger partial charge in [0, 0.05) is 24.1 Å². The van der Waals surface area contributed by atoms with Crippen LogP contribution in [0.1, 0.15) is 64.5 Å². The van der Waals surface area contributed by atoms with Crippen molar-refractivity contribution in [2.75, 3.05) is 13.7 Å². The van der Waals surface area contributed by atoms with Crippen LogP contribution in [0.2, 0.25) is 0 Å². The molecule has 190 valence electrons. The van der Waals surface area contributed by atoms with Crippen LogP contribution in [0.4, 0.5) is 9.59 Å². The number of likely N-dealkylation sites (tertiary alicyclic amines) is 1.